The lowest BCUT2D eigenvalue weighted by Crippen LogP contribution is -2.52. The van der Waals surface area contributed by atoms with Gasteiger partial charge in [-0.3, -0.25) is 33.6 Å². The van der Waals surface area contributed by atoms with E-state index in [0.717, 1.165) is 5.56 Å². The minimum absolute atomic E-state index is 0.0139. The number of nitrogens with zero attached hydrogens (tertiary/aromatic N) is 1. The summed E-state index contributed by atoms with van der Waals surface area (Å²) in [6, 6.07) is 7.81. The number of primary amides is 1. The van der Waals surface area contributed by atoms with Crippen molar-refractivity contribution in [2.45, 2.75) is 57.6 Å². The largest absolute Gasteiger partial charge is 0.376 e. The predicted octanol–water partition coefficient (Wildman–Crippen LogP) is -2.61. The Morgan fingerprint density at radius 2 is 1.52 bits per heavy atom. The van der Waals surface area contributed by atoms with Gasteiger partial charge in [0.15, 0.2) is 0 Å². The molecule has 44 heavy (non-hydrogen) atoms. The van der Waals surface area contributed by atoms with E-state index >= 15 is 0 Å². The van der Waals surface area contributed by atoms with Crippen molar-refractivity contribution >= 4 is 41.9 Å². The number of ether oxygens (including phenoxy) is 1. The number of carbonyl (C=O) groups is 7. The highest BCUT2D eigenvalue weighted by molar-refractivity contribution is 5.92. The minimum atomic E-state index is -1.06. The lowest BCUT2D eigenvalue weighted by atomic mass is 10.1. The second kappa shape index (κ2) is 22.0. The van der Waals surface area contributed by atoms with Crippen molar-refractivity contribution in [2.75, 3.05) is 39.6 Å². The van der Waals surface area contributed by atoms with Crippen molar-refractivity contribution in [1.29, 1.82) is 0 Å². The molecule has 0 radical (unpaired) electrons. The number of hydrogen-bond acceptors (Lipinski definition) is 9. The van der Waals surface area contributed by atoms with Gasteiger partial charge in [0.1, 0.15) is 19.5 Å². The summed E-state index contributed by atoms with van der Waals surface area (Å²) < 4.78 is 5.25. The molecule has 8 N–H and O–H groups in total. The molecule has 0 aliphatic heterocycles. The highest BCUT2D eigenvalue weighted by Crippen LogP contribution is 2.04. The second-order valence-electron chi connectivity index (χ2n) is 9.84. The van der Waals surface area contributed by atoms with Crippen molar-refractivity contribution in [2.24, 2.45) is 5.73 Å². The third-order valence-electron chi connectivity index (χ3n) is 6.06. The van der Waals surface area contributed by atoms with Gasteiger partial charge in [-0.25, -0.2) is 0 Å². The van der Waals surface area contributed by atoms with Crippen LogP contribution in [0.5, 0.6) is 0 Å². The fourth-order valence-corrected chi connectivity index (χ4v) is 3.71. The number of amides is 7. The highest BCUT2D eigenvalue weighted by Gasteiger charge is 2.22. The van der Waals surface area contributed by atoms with Gasteiger partial charge in [0, 0.05) is 19.4 Å². The Kier molecular flexibility index (Phi) is 18.8. The Labute approximate surface area is 255 Å². The average Bonchev–Trinajstić information content (AvgIpc) is 2.99. The van der Waals surface area contributed by atoms with E-state index in [1.807, 2.05) is 0 Å². The van der Waals surface area contributed by atoms with Crippen molar-refractivity contribution in [3.05, 3.63) is 35.9 Å². The van der Waals surface area contributed by atoms with Crippen LogP contribution in [0.25, 0.3) is 0 Å². The number of benzene rings is 1. The molecule has 0 saturated heterocycles. The maximum atomic E-state index is 12.8. The Bertz CT molecular complexity index is 1090. The SMILES string of the molecule is C[C@H](CC(N)=O)OCNC(=O)CNC(=O)[C@H](Cc1ccccc1)NC(=O)CNC(=O)CNC(=O)CCCCCN(C=O)CO. The van der Waals surface area contributed by atoms with Crippen LogP contribution in [0.4, 0.5) is 0 Å². The van der Waals surface area contributed by atoms with Crippen molar-refractivity contribution in [1.82, 2.24) is 31.5 Å². The van der Waals surface area contributed by atoms with Crippen LogP contribution in [0.15, 0.2) is 30.3 Å². The average molecular weight is 622 g/mol. The monoisotopic (exact) mass is 621 g/mol. The summed E-state index contributed by atoms with van der Waals surface area (Å²) in [5.74, 6) is -3.35. The van der Waals surface area contributed by atoms with E-state index in [1.54, 1.807) is 37.3 Å². The molecule has 0 aromatic heterocycles. The molecular formula is C28H43N7O9. The van der Waals surface area contributed by atoms with Crippen molar-refractivity contribution in [3.63, 3.8) is 0 Å². The molecule has 7 amide bonds. The molecule has 244 valence electrons. The summed E-state index contributed by atoms with van der Waals surface area (Å²) in [6.45, 7) is 0.241. The summed E-state index contributed by atoms with van der Waals surface area (Å²) in [5, 5.41) is 21.2. The van der Waals surface area contributed by atoms with Crippen LogP contribution in [-0.2, 0) is 44.7 Å². The predicted molar refractivity (Wildman–Crippen MR) is 157 cm³/mol. The van der Waals surface area contributed by atoms with Gasteiger partial charge in [-0.05, 0) is 25.3 Å². The molecule has 0 aliphatic carbocycles. The molecule has 0 spiro atoms. The van der Waals surface area contributed by atoms with E-state index in [0.29, 0.717) is 32.2 Å². The van der Waals surface area contributed by atoms with Gasteiger partial charge in [-0.1, -0.05) is 36.8 Å². The summed E-state index contributed by atoms with van der Waals surface area (Å²) in [4.78, 5) is 84.3. The standard InChI is InChI=1S/C28H43N7O9/c1-20(12-23(29)38)44-17-33-26(41)15-32-28(43)22(13-21-8-4-2-5-9-21)34-27(42)16-31-25(40)14-30-24(39)10-6-3-7-11-35(18-36)19-37/h2,4-5,8-9,18,20,22,37H,3,6-7,10-17,19H2,1H3,(H2,29,38)(H,30,39)(H,31,40)(H,32,43)(H,33,41)(H,34,42)/t20-,22+/m1/s1. The molecule has 16 heteroatoms. The lowest BCUT2D eigenvalue weighted by molar-refractivity contribution is -0.131. The van der Waals surface area contributed by atoms with Crippen LogP contribution in [0, 0.1) is 0 Å². The summed E-state index contributed by atoms with van der Waals surface area (Å²) in [7, 11) is 0. The number of hydrogen-bond donors (Lipinski definition) is 7. The third-order valence-corrected chi connectivity index (χ3v) is 6.06. The Balaban J connectivity index is 2.46. The zero-order valence-electron chi connectivity index (χ0n) is 24.8. The van der Waals surface area contributed by atoms with E-state index in [4.69, 9.17) is 15.6 Å². The van der Waals surface area contributed by atoms with E-state index in [9.17, 15) is 33.6 Å². The van der Waals surface area contributed by atoms with Gasteiger partial charge in [0.25, 0.3) is 0 Å². The van der Waals surface area contributed by atoms with E-state index < -0.39 is 54.8 Å². The molecule has 0 heterocycles. The fourth-order valence-electron chi connectivity index (χ4n) is 3.71. The first-order chi connectivity index (χ1) is 21.0. The zero-order chi connectivity index (χ0) is 32.7. The quantitative estimate of drug-likeness (QED) is 0.0384. The molecule has 0 aliphatic rings. The van der Waals surface area contributed by atoms with Gasteiger partial charge < -0.3 is 47.1 Å². The van der Waals surface area contributed by atoms with Crippen molar-refractivity contribution < 1.29 is 43.4 Å². The second-order valence-corrected chi connectivity index (χ2v) is 9.84. The number of nitrogens with two attached hydrogens (primary N) is 1. The van der Waals surface area contributed by atoms with Crippen LogP contribution in [0.3, 0.4) is 0 Å². The number of aliphatic hydroxyl groups excluding tert-OH is 1. The molecule has 1 aromatic rings. The maximum absolute atomic E-state index is 12.8. The first-order valence-corrected chi connectivity index (χ1v) is 14.1. The number of aliphatic hydroxyl groups is 1. The molecule has 16 nitrogen and oxygen atoms in total. The summed E-state index contributed by atoms with van der Waals surface area (Å²) in [6.07, 6.45) is 2.12. The van der Waals surface area contributed by atoms with Gasteiger partial charge in [-0.2, -0.15) is 0 Å². The van der Waals surface area contributed by atoms with Crippen molar-refractivity contribution in [3.8, 4) is 0 Å². The summed E-state index contributed by atoms with van der Waals surface area (Å²) >= 11 is 0. The number of carbonyl (C=O) groups excluding carboxylic acids is 7. The topological polar surface area (TPSA) is 238 Å². The molecule has 1 rings (SSSR count). The Morgan fingerprint density at radius 1 is 0.886 bits per heavy atom. The molecule has 0 bridgehead atoms. The first kappa shape index (κ1) is 37.5. The van der Waals surface area contributed by atoms with E-state index in [2.05, 4.69) is 26.6 Å². The van der Waals surface area contributed by atoms with Crippen LogP contribution >= 0.6 is 0 Å². The highest BCUT2D eigenvalue weighted by atomic mass is 16.5. The number of unbranched alkanes of at least 4 members (excludes halogenated alkanes) is 2. The maximum Gasteiger partial charge on any atom is 0.243 e. The van der Waals surface area contributed by atoms with E-state index in [-0.39, 0.29) is 45.2 Å². The van der Waals surface area contributed by atoms with Crippen LogP contribution < -0.4 is 32.3 Å². The first-order valence-electron chi connectivity index (χ1n) is 14.1. The molecule has 0 fully saturated rings. The van der Waals surface area contributed by atoms with Gasteiger partial charge >= 0.3 is 0 Å². The molecule has 0 saturated carbocycles. The number of nitrogens with one attached hydrogen (secondary N) is 5. The van der Waals surface area contributed by atoms with Gasteiger partial charge in [0.2, 0.25) is 41.9 Å². The molecular weight excluding hydrogens is 578 g/mol. The Hall–Kier alpha value is -4.57. The van der Waals surface area contributed by atoms with Gasteiger partial charge in [-0.15, -0.1) is 0 Å². The van der Waals surface area contributed by atoms with E-state index in [1.165, 1.54) is 4.90 Å². The minimum Gasteiger partial charge on any atom is -0.376 e. The zero-order valence-corrected chi connectivity index (χ0v) is 24.8. The lowest BCUT2D eigenvalue weighted by Gasteiger charge is -2.19. The van der Waals surface area contributed by atoms with Gasteiger partial charge in [0.05, 0.1) is 32.2 Å². The van der Waals surface area contributed by atoms with Crippen LogP contribution in [-0.4, -0.2) is 104 Å². The third kappa shape index (κ3) is 18.1. The molecule has 1 aromatic carbocycles. The smallest absolute Gasteiger partial charge is 0.243 e. The fraction of sp³-hybridized carbons (Fsp3) is 0.536. The molecule has 2 atom stereocenters. The normalized spacial score (nSPS) is 11.8. The van der Waals surface area contributed by atoms with Crippen LogP contribution in [0.1, 0.15) is 44.6 Å². The molecule has 0 unspecified atom stereocenters. The van der Waals surface area contributed by atoms with Crippen LogP contribution in [0.2, 0.25) is 0 Å². The summed E-state index contributed by atoms with van der Waals surface area (Å²) in [5.41, 5.74) is 5.83. The number of rotatable bonds is 23. The Morgan fingerprint density at radius 3 is 2.18 bits per heavy atom.